The van der Waals surface area contributed by atoms with Crippen molar-refractivity contribution in [1.29, 1.82) is 0 Å². The predicted octanol–water partition coefficient (Wildman–Crippen LogP) is 1.72. The van der Waals surface area contributed by atoms with Gasteiger partial charge in [0.15, 0.2) is 6.10 Å². The van der Waals surface area contributed by atoms with E-state index < -0.39 is 46.7 Å². The molecule has 1 N–H and O–H groups in total. The molecule has 11 heteroatoms. The Balaban J connectivity index is 2.08. The molecule has 3 rings (SSSR count). The lowest BCUT2D eigenvalue weighted by Gasteiger charge is -2.20. The molecular weight excluding hydrogens is 427 g/mol. The molecule has 1 saturated heterocycles. The van der Waals surface area contributed by atoms with Gasteiger partial charge in [0.05, 0.1) is 25.3 Å². The topological polar surface area (TPSA) is 124 Å². The van der Waals surface area contributed by atoms with Crippen LogP contribution in [0.4, 0.5) is 10.1 Å². The minimum atomic E-state index is -1.42. The molecule has 1 aliphatic heterocycles. The average molecular weight is 450 g/mol. The van der Waals surface area contributed by atoms with E-state index in [0.717, 1.165) is 11.1 Å². The van der Waals surface area contributed by atoms with Crippen LogP contribution in [-0.4, -0.2) is 53.4 Å². The third-order valence-corrected chi connectivity index (χ3v) is 5.07. The number of carboxylic acid groups (broad SMARTS) is 1. The first-order chi connectivity index (χ1) is 15.2. The number of hydroxylamine groups is 1. The van der Waals surface area contributed by atoms with Crippen LogP contribution in [0.5, 0.6) is 0 Å². The number of aryl methyl sites for hydroxylation is 1. The van der Waals surface area contributed by atoms with Gasteiger partial charge in [-0.15, -0.1) is 0 Å². The summed E-state index contributed by atoms with van der Waals surface area (Å²) in [7, 11) is 0. The minimum absolute atomic E-state index is 0.0628. The summed E-state index contributed by atoms with van der Waals surface area (Å²) in [5, 5.41) is 10.2. The van der Waals surface area contributed by atoms with Crippen molar-refractivity contribution < 1.29 is 38.2 Å². The van der Waals surface area contributed by atoms with Gasteiger partial charge in [-0.2, -0.15) is 0 Å². The van der Waals surface area contributed by atoms with Crippen LogP contribution in [0.15, 0.2) is 23.1 Å². The van der Waals surface area contributed by atoms with E-state index in [2.05, 4.69) is 0 Å². The Kier molecular flexibility index (Phi) is 6.78. The molecule has 1 fully saturated rings. The number of halogens is 1. The summed E-state index contributed by atoms with van der Waals surface area (Å²) in [6.45, 7) is 5.22. The maximum atomic E-state index is 15.0. The van der Waals surface area contributed by atoms with Gasteiger partial charge in [-0.1, -0.05) is 0 Å². The summed E-state index contributed by atoms with van der Waals surface area (Å²) in [5.74, 6) is -4.82. The van der Waals surface area contributed by atoms with E-state index >= 15 is 4.39 Å². The molecule has 2 aromatic rings. The Morgan fingerprint density at radius 3 is 2.41 bits per heavy atom. The molecule has 0 saturated carbocycles. The van der Waals surface area contributed by atoms with Crippen LogP contribution in [-0.2, 0) is 30.4 Å². The maximum absolute atomic E-state index is 15.0. The minimum Gasteiger partial charge on any atom is -0.477 e. The maximum Gasteiger partial charge on any atom is 0.341 e. The second kappa shape index (κ2) is 9.35. The van der Waals surface area contributed by atoms with Crippen molar-refractivity contribution in [3.63, 3.8) is 0 Å². The zero-order chi connectivity index (χ0) is 23.6. The second-order valence-electron chi connectivity index (χ2n) is 6.98. The Bertz CT molecular complexity index is 1100. The fourth-order valence-corrected chi connectivity index (χ4v) is 3.57. The zero-order valence-electron chi connectivity index (χ0n) is 17.8. The summed E-state index contributed by atoms with van der Waals surface area (Å²) < 4.78 is 26.5. The third kappa shape index (κ3) is 4.15. The fraction of sp³-hybridized carbons (Fsp3) is 0.429. The first-order valence-corrected chi connectivity index (χ1v) is 10.1. The number of ether oxygens (including phenoxy) is 2. The van der Waals surface area contributed by atoms with Crippen molar-refractivity contribution in [2.45, 2.75) is 33.4 Å². The first kappa shape index (κ1) is 23.2. The number of hydrogen-bond donors (Lipinski definition) is 1. The molecular formula is C21H23FN2O8. The number of benzene rings is 1. The highest BCUT2D eigenvalue weighted by Crippen LogP contribution is 2.32. The molecule has 0 aliphatic carbocycles. The van der Waals surface area contributed by atoms with E-state index in [0.29, 0.717) is 6.54 Å². The first-order valence-electron chi connectivity index (χ1n) is 10.1. The van der Waals surface area contributed by atoms with Crippen molar-refractivity contribution in [3.05, 3.63) is 39.9 Å². The van der Waals surface area contributed by atoms with Gasteiger partial charge in [0, 0.05) is 18.1 Å². The van der Waals surface area contributed by atoms with Gasteiger partial charge in [0.2, 0.25) is 5.43 Å². The van der Waals surface area contributed by atoms with Gasteiger partial charge in [0.1, 0.15) is 23.0 Å². The number of pyridine rings is 1. The largest absolute Gasteiger partial charge is 0.477 e. The fourth-order valence-electron chi connectivity index (χ4n) is 3.57. The number of aromatic carboxylic acids is 1. The van der Waals surface area contributed by atoms with Gasteiger partial charge in [-0.25, -0.2) is 19.0 Å². The highest BCUT2D eigenvalue weighted by Gasteiger charge is 2.46. The SMILES string of the molecule is CCOC(=O)[C@@H]1CN(c2cc3c(cc2F)c(=O)c(C(=O)O)cn3CC)O[C@H]1C(=O)OCC. The van der Waals surface area contributed by atoms with Crippen LogP contribution in [0.2, 0.25) is 0 Å². The quantitative estimate of drug-likeness (QED) is 0.628. The van der Waals surface area contributed by atoms with Gasteiger partial charge < -0.3 is 19.1 Å². The molecule has 172 valence electrons. The molecule has 1 aliphatic rings. The number of anilines is 1. The second-order valence-corrected chi connectivity index (χ2v) is 6.98. The number of aromatic nitrogens is 1. The van der Waals surface area contributed by atoms with Crippen molar-refractivity contribution >= 4 is 34.5 Å². The Morgan fingerprint density at radius 2 is 1.81 bits per heavy atom. The standard InChI is InChI=1S/C21H23FN2O8/c1-4-23-9-12(19(26)27)17(25)11-7-14(22)16(8-15(11)23)24-10-13(20(28)30-5-2)18(32-24)21(29)31-6-3/h7-9,13,18H,4-6,10H2,1-3H3,(H,26,27)/t13-,18-/m1/s1. The number of fused-ring (bicyclic) bond motifs is 1. The number of carbonyl (C=O) groups is 3. The van der Waals surface area contributed by atoms with Gasteiger partial charge in [0.25, 0.3) is 0 Å². The number of carbonyl (C=O) groups excluding carboxylic acids is 2. The molecule has 0 spiro atoms. The van der Waals surface area contributed by atoms with Gasteiger partial charge in [-0.05, 0) is 32.9 Å². The lowest BCUT2D eigenvalue weighted by atomic mass is 10.0. The van der Waals surface area contributed by atoms with Gasteiger partial charge in [-0.3, -0.25) is 14.4 Å². The number of nitrogens with zero attached hydrogens (tertiary/aromatic N) is 2. The van der Waals surface area contributed by atoms with Crippen LogP contribution in [0.3, 0.4) is 0 Å². The highest BCUT2D eigenvalue weighted by molar-refractivity contribution is 5.93. The molecule has 0 radical (unpaired) electrons. The zero-order valence-corrected chi connectivity index (χ0v) is 17.8. The molecule has 0 bridgehead atoms. The Hall–Kier alpha value is -3.47. The van der Waals surface area contributed by atoms with E-state index in [1.807, 2.05) is 0 Å². The number of rotatable bonds is 7. The number of esters is 2. The molecule has 2 heterocycles. The molecule has 2 atom stereocenters. The average Bonchev–Trinajstić information content (AvgIpc) is 3.19. The summed E-state index contributed by atoms with van der Waals surface area (Å²) in [4.78, 5) is 54.1. The summed E-state index contributed by atoms with van der Waals surface area (Å²) in [6.07, 6.45) is -0.144. The van der Waals surface area contributed by atoms with Crippen LogP contribution in [0.25, 0.3) is 10.9 Å². The molecule has 10 nitrogen and oxygen atoms in total. The summed E-state index contributed by atoms with van der Waals surface area (Å²) >= 11 is 0. The van der Waals surface area contributed by atoms with E-state index in [4.69, 9.17) is 14.3 Å². The number of hydrogen-bond acceptors (Lipinski definition) is 8. The van der Waals surface area contributed by atoms with E-state index in [1.165, 1.54) is 16.8 Å². The lowest BCUT2D eigenvalue weighted by molar-refractivity contribution is -0.163. The predicted molar refractivity (Wildman–Crippen MR) is 110 cm³/mol. The van der Waals surface area contributed by atoms with Crippen LogP contribution >= 0.6 is 0 Å². The van der Waals surface area contributed by atoms with Crippen LogP contribution < -0.4 is 10.5 Å². The smallest absolute Gasteiger partial charge is 0.341 e. The van der Waals surface area contributed by atoms with E-state index in [1.54, 1.807) is 20.8 Å². The van der Waals surface area contributed by atoms with Crippen molar-refractivity contribution in [3.8, 4) is 0 Å². The molecule has 0 unspecified atom stereocenters. The third-order valence-electron chi connectivity index (χ3n) is 5.07. The van der Waals surface area contributed by atoms with E-state index in [-0.39, 0.29) is 36.3 Å². The van der Waals surface area contributed by atoms with Crippen molar-refractivity contribution in [2.75, 3.05) is 24.8 Å². The van der Waals surface area contributed by atoms with Crippen LogP contribution in [0, 0.1) is 11.7 Å². The molecule has 0 amide bonds. The summed E-state index contributed by atoms with van der Waals surface area (Å²) in [5.41, 5.74) is -1.15. The van der Waals surface area contributed by atoms with Crippen molar-refractivity contribution in [1.82, 2.24) is 4.57 Å². The normalized spacial score (nSPS) is 18.1. The van der Waals surface area contributed by atoms with Gasteiger partial charge >= 0.3 is 17.9 Å². The molecule has 1 aromatic heterocycles. The lowest BCUT2D eigenvalue weighted by Crippen LogP contribution is -2.35. The number of carboxylic acids is 1. The monoisotopic (exact) mass is 450 g/mol. The molecule has 32 heavy (non-hydrogen) atoms. The Morgan fingerprint density at radius 1 is 1.16 bits per heavy atom. The van der Waals surface area contributed by atoms with Crippen molar-refractivity contribution in [2.24, 2.45) is 5.92 Å². The molecule has 1 aromatic carbocycles. The van der Waals surface area contributed by atoms with E-state index in [9.17, 15) is 24.3 Å². The summed E-state index contributed by atoms with van der Waals surface area (Å²) in [6, 6.07) is 2.24. The highest BCUT2D eigenvalue weighted by atomic mass is 19.1. The van der Waals surface area contributed by atoms with Crippen LogP contribution in [0.1, 0.15) is 31.1 Å². The Labute approximate surface area is 182 Å².